The van der Waals surface area contributed by atoms with E-state index >= 15 is 0 Å². The Balaban J connectivity index is 2.83. The van der Waals surface area contributed by atoms with Gasteiger partial charge in [-0.05, 0) is 46.2 Å². The number of anilines is 2. The quantitative estimate of drug-likeness (QED) is 0.787. The molecule has 1 aromatic heterocycles. The van der Waals surface area contributed by atoms with Crippen LogP contribution in [0.5, 0.6) is 5.88 Å². The van der Waals surface area contributed by atoms with Crippen molar-refractivity contribution in [2.75, 3.05) is 11.1 Å². The first-order chi connectivity index (χ1) is 8.31. The van der Waals surface area contributed by atoms with Gasteiger partial charge in [-0.15, -0.1) is 6.58 Å². The van der Waals surface area contributed by atoms with E-state index in [9.17, 15) is 0 Å². The maximum absolute atomic E-state index is 5.85. The highest BCUT2D eigenvalue weighted by molar-refractivity contribution is 5.54. The molecule has 4 nitrogen and oxygen atoms in total. The summed E-state index contributed by atoms with van der Waals surface area (Å²) < 4.78 is 5.72. The van der Waals surface area contributed by atoms with Crippen LogP contribution in [0.2, 0.25) is 0 Å². The van der Waals surface area contributed by atoms with Crippen LogP contribution in [0.25, 0.3) is 0 Å². The molecule has 1 heterocycles. The van der Waals surface area contributed by atoms with Gasteiger partial charge in [-0.1, -0.05) is 6.08 Å². The van der Waals surface area contributed by atoms with E-state index in [2.05, 4.69) is 23.8 Å². The zero-order chi connectivity index (χ0) is 13.8. The van der Waals surface area contributed by atoms with Crippen molar-refractivity contribution in [2.24, 2.45) is 0 Å². The van der Waals surface area contributed by atoms with Crippen LogP contribution in [0.15, 0.2) is 24.8 Å². The lowest BCUT2D eigenvalue weighted by Gasteiger charge is -2.22. The number of rotatable bonds is 5. The maximum atomic E-state index is 5.85. The molecular formula is C14H23N3O. The third kappa shape index (κ3) is 4.65. The van der Waals surface area contributed by atoms with Gasteiger partial charge in [0.1, 0.15) is 11.4 Å². The normalized spacial score (nSPS) is 12.9. The molecule has 1 unspecified atom stereocenters. The lowest BCUT2D eigenvalue weighted by molar-refractivity contribution is 0.125. The van der Waals surface area contributed by atoms with Crippen LogP contribution < -0.4 is 15.8 Å². The Kier molecular flexibility index (Phi) is 4.59. The standard InChI is InChI=1S/C14H23N3O/c1-6-7-10(2)16-12-9-8-11(15)13(17-12)18-14(3,4)5/h6,8-10H,1,7,15H2,2-5H3,(H,16,17). The fourth-order valence-corrected chi connectivity index (χ4v) is 1.46. The fraction of sp³-hybridized carbons (Fsp3) is 0.500. The van der Waals surface area contributed by atoms with Gasteiger partial charge in [-0.3, -0.25) is 0 Å². The summed E-state index contributed by atoms with van der Waals surface area (Å²) in [6.07, 6.45) is 2.75. The fourth-order valence-electron chi connectivity index (χ4n) is 1.46. The minimum absolute atomic E-state index is 0.279. The molecule has 0 aliphatic carbocycles. The molecule has 1 atom stereocenters. The summed E-state index contributed by atoms with van der Waals surface area (Å²) in [5.74, 6) is 1.23. The number of nitrogens with zero attached hydrogens (tertiary/aromatic N) is 1. The summed E-state index contributed by atoms with van der Waals surface area (Å²) in [6.45, 7) is 11.7. The topological polar surface area (TPSA) is 60.2 Å². The van der Waals surface area contributed by atoms with Gasteiger partial charge in [-0.2, -0.15) is 4.98 Å². The predicted molar refractivity (Wildman–Crippen MR) is 76.9 cm³/mol. The Morgan fingerprint density at radius 1 is 1.50 bits per heavy atom. The number of pyridine rings is 1. The zero-order valence-corrected chi connectivity index (χ0v) is 11.7. The number of hydrogen-bond acceptors (Lipinski definition) is 4. The molecule has 0 bridgehead atoms. The second kappa shape index (κ2) is 5.76. The van der Waals surface area contributed by atoms with Crippen molar-refractivity contribution in [1.82, 2.24) is 4.98 Å². The molecule has 0 spiro atoms. The Morgan fingerprint density at radius 3 is 2.72 bits per heavy atom. The highest BCUT2D eigenvalue weighted by atomic mass is 16.5. The molecular weight excluding hydrogens is 226 g/mol. The highest BCUT2D eigenvalue weighted by Crippen LogP contribution is 2.25. The number of aromatic nitrogens is 1. The van der Waals surface area contributed by atoms with Crippen LogP contribution in [-0.2, 0) is 0 Å². The van der Waals surface area contributed by atoms with Gasteiger partial charge in [0.2, 0.25) is 5.88 Å². The van der Waals surface area contributed by atoms with Gasteiger partial charge in [0.25, 0.3) is 0 Å². The molecule has 0 radical (unpaired) electrons. The molecule has 100 valence electrons. The van der Waals surface area contributed by atoms with Crippen molar-refractivity contribution in [1.29, 1.82) is 0 Å². The molecule has 0 aromatic carbocycles. The van der Waals surface area contributed by atoms with Crippen LogP contribution in [-0.4, -0.2) is 16.6 Å². The van der Waals surface area contributed by atoms with Crippen molar-refractivity contribution < 1.29 is 4.74 Å². The summed E-state index contributed by atoms with van der Waals surface area (Å²) >= 11 is 0. The minimum atomic E-state index is -0.313. The molecule has 1 rings (SSSR count). The van der Waals surface area contributed by atoms with Crippen LogP contribution in [0.1, 0.15) is 34.1 Å². The van der Waals surface area contributed by atoms with Crippen LogP contribution in [0, 0.1) is 0 Å². The summed E-state index contributed by atoms with van der Waals surface area (Å²) in [5, 5.41) is 3.28. The van der Waals surface area contributed by atoms with Gasteiger partial charge in [0.05, 0.1) is 5.69 Å². The molecule has 0 aliphatic heterocycles. The molecule has 4 heteroatoms. The van der Waals surface area contributed by atoms with Crippen molar-refractivity contribution >= 4 is 11.5 Å². The van der Waals surface area contributed by atoms with Gasteiger partial charge >= 0.3 is 0 Å². The minimum Gasteiger partial charge on any atom is -0.470 e. The molecule has 3 N–H and O–H groups in total. The van der Waals surface area contributed by atoms with E-state index in [0.29, 0.717) is 11.6 Å². The molecule has 0 fully saturated rings. The maximum Gasteiger partial charge on any atom is 0.239 e. The summed E-state index contributed by atoms with van der Waals surface area (Å²) in [6, 6.07) is 3.93. The predicted octanol–water partition coefficient (Wildman–Crippen LogP) is 3.22. The van der Waals surface area contributed by atoms with Crippen molar-refractivity contribution in [3.8, 4) is 5.88 Å². The second-order valence-electron chi connectivity index (χ2n) is 5.38. The molecule has 0 aliphatic rings. The average molecular weight is 249 g/mol. The SMILES string of the molecule is C=CCC(C)Nc1ccc(N)c(OC(C)(C)C)n1. The summed E-state index contributed by atoms with van der Waals surface area (Å²) in [5.41, 5.74) is 6.09. The van der Waals surface area contributed by atoms with E-state index in [1.54, 1.807) is 6.07 Å². The summed E-state index contributed by atoms with van der Waals surface area (Å²) in [7, 11) is 0. The van der Waals surface area contributed by atoms with E-state index in [4.69, 9.17) is 10.5 Å². The second-order valence-corrected chi connectivity index (χ2v) is 5.38. The Bertz CT molecular complexity index is 410. The van der Waals surface area contributed by atoms with E-state index < -0.39 is 0 Å². The molecule has 1 aromatic rings. The van der Waals surface area contributed by atoms with Gasteiger partial charge in [0, 0.05) is 6.04 Å². The number of ether oxygens (including phenoxy) is 1. The number of nitrogens with two attached hydrogens (primary N) is 1. The average Bonchev–Trinajstić information content (AvgIpc) is 2.21. The third-order valence-corrected chi connectivity index (χ3v) is 2.21. The third-order valence-electron chi connectivity index (χ3n) is 2.21. The smallest absolute Gasteiger partial charge is 0.239 e. The number of nitrogen functional groups attached to an aromatic ring is 1. The van der Waals surface area contributed by atoms with E-state index in [1.165, 1.54) is 0 Å². The van der Waals surface area contributed by atoms with E-state index in [0.717, 1.165) is 12.2 Å². The number of hydrogen-bond donors (Lipinski definition) is 2. The van der Waals surface area contributed by atoms with E-state index in [1.807, 2.05) is 32.9 Å². The Morgan fingerprint density at radius 2 is 2.17 bits per heavy atom. The van der Waals surface area contributed by atoms with E-state index in [-0.39, 0.29) is 11.6 Å². The molecule has 0 saturated carbocycles. The molecule has 0 saturated heterocycles. The first kappa shape index (κ1) is 14.4. The molecule has 0 amide bonds. The Hall–Kier alpha value is -1.71. The first-order valence-corrected chi connectivity index (χ1v) is 6.15. The van der Waals surface area contributed by atoms with Crippen molar-refractivity contribution in [3.63, 3.8) is 0 Å². The lowest BCUT2D eigenvalue weighted by Crippen LogP contribution is -2.24. The largest absolute Gasteiger partial charge is 0.470 e. The zero-order valence-electron chi connectivity index (χ0n) is 11.7. The van der Waals surface area contributed by atoms with Crippen molar-refractivity contribution in [3.05, 3.63) is 24.8 Å². The molecule has 18 heavy (non-hydrogen) atoms. The van der Waals surface area contributed by atoms with Crippen molar-refractivity contribution in [2.45, 2.75) is 45.8 Å². The lowest BCUT2D eigenvalue weighted by atomic mass is 10.2. The van der Waals surface area contributed by atoms with Crippen LogP contribution in [0.3, 0.4) is 0 Å². The Labute approximate surface area is 109 Å². The monoisotopic (exact) mass is 249 g/mol. The van der Waals surface area contributed by atoms with Gasteiger partial charge in [-0.25, -0.2) is 0 Å². The van der Waals surface area contributed by atoms with Gasteiger partial charge in [0.15, 0.2) is 0 Å². The van der Waals surface area contributed by atoms with Gasteiger partial charge < -0.3 is 15.8 Å². The highest BCUT2D eigenvalue weighted by Gasteiger charge is 2.15. The first-order valence-electron chi connectivity index (χ1n) is 6.15. The number of nitrogens with one attached hydrogen (secondary N) is 1. The van der Waals surface area contributed by atoms with Crippen LogP contribution in [0.4, 0.5) is 11.5 Å². The van der Waals surface area contributed by atoms with Crippen LogP contribution >= 0.6 is 0 Å². The summed E-state index contributed by atoms with van der Waals surface area (Å²) in [4.78, 5) is 4.39.